The molecule has 1 heterocycles. The zero-order valence-corrected chi connectivity index (χ0v) is 12.5. The third-order valence-corrected chi connectivity index (χ3v) is 3.85. The van der Waals surface area contributed by atoms with E-state index in [0.717, 1.165) is 13.0 Å². The lowest BCUT2D eigenvalue weighted by atomic mass is 10.2. The van der Waals surface area contributed by atoms with Crippen LogP contribution in [0.15, 0.2) is 24.3 Å². The monoisotopic (exact) mass is 285 g/mol. The lowest BCUT2D eigenvalue weighted by Crippen LogP contribution is -2.26. The van der Waals surface area contributed by atoms with Crippen molar-refractivity contribution in [2.24, 2.45) is 0 Å². The summed E-state index contributed by atoms with van der Waals surface area (Å²) in [7, 11) is 0. The number of nitrogens with zero attached hydrogens (tertiary/aromatic N) is 2. The normalized spacial score (nSPS) is 16.0. The summed E-state index contributed by atoms with van der Waals surface area (Å²) in [5.41, 5.74) is 1.27. The van der Waals surface area contributed by atoms with Gasteiger partial charge in [-0.15, -0.1) is 0 Å². The Morgan fingerprint density at radius 1 is 1.24 bits per heavy atom. The average molecular weight is 285 g/mol. The van der Waals surface area contributed by atoms with Crippen LogP contribution in [0.25, 0.3) is 0 Å². The van der Waals surface area contributed by atoms with Gasteiger partial charge in [-0.3, -0.25) is 4.79 Å². The van der Waals surface area contributed by atoms with Gasteiger partial charge in [-0.1, -0.05) is 18.9 Å². The first-order valence-corrected chi connectivity index (χ1v) is 7.80. The van der Waals surface area contributed by atoms with E-state index in [4.69, 9.17) is 5.26 Å². The summed E-state index contributed by atoms with van der Waals surface area (Å²) >= 11 is 0. The van der Waals surface area contributed by atoms with Crippen molar-refractivity contribution in [2.45, 2.75) is 38.5 Å². The van der Waals surface area contributed by atoms with Crippen molar-refractivity contribution in [1.82, 2.24) is 4.90 Å². The summed E-state index contributed by atoms with van der Waals surface area (Å²) in [6, 6.07) is 9.10. The summed E-state index contributed by atoms with van der Waals surface area (Å²) in [5.74, 6) is 0.0277. The van der Waals surface area contributed by atoms with Gasteiger partial charge < -0.3 is 10.2 Å². The molecule has 1 amide bonds. The zero-order valence-electron chi connectivity index (χ0n) is 12.5. The van der Waals surface area contributed by atoms with Gasteiger partial charge in [0.05, 0.1) is 11.6 Å². The van der Waals surface area contributed by atoms with Crippen LogP contribution in [0, 0.1) is 11.3 Å². The molecule has 4 heteroatoms. The highest BCUT2D eigenvalue weighted by molar-refractivity contribution is 5.90. The number of benzene rings is 1. The van der Waals surface area contributed by atoms with E-state index in [0.29, 0.717) is 17.7 Å². The Kier molecular flexibility index (Phi) is 6.23. The summed E-state index contributed by atoms with van der Waals surface area (Å²) in [4.78, 5) is 14.4. The van der Waals surface area contributed by atoms with Crippen LogP contribution in [0.3, 0.4) is 0 Å². The number of hydrogen-bond acceptors (Lipinski definition) is 3. The number of carbonyl (C=O) groups excluding carboxylic acids is 1. The molecule has 0 radical (unpaired) electrons. The SMILES string of the molecule is N#Cc1cccc(NC(=O)CCCN2CCCCCC2)c1. The number of likely N-dealkylation sites (tertiary alicyclic amines) is 1. The molecule has 1 aromatic rings. The number of anilines is 1. The Labute approximate surface area is 126 Å². The van der Waals surface area contributed by atoms with E-state index in [9.17, 15) is 4.79 Å². The van der Waals surface area contributed by atoms with Gasteiger partial charge in [0.1, 0.15) is 0 Å². The van der Waals surface area contributed by atoms with E-state index in [1.807, 2.05) is 6.07 Å². The highest BCUT2D eigenvalue weighted by Crippen LogP contribution is 2.12. The molecular formula is C17H23N3O. The minimum Gasteiger partial charge on any atom is -0.326 e. The van der Waals surface area contributed by atoms with Crippen molar-refractivity contribution >= 4 is 11.6 Å². The van der Waals surface area contributed by atoms with E-state index < -0.39 is 0 Å². The van der Waals surface area contributed by atoms with Crippen LogP contribution in [-0.4, -0.2) is 30.4 Å². The Hall–Kier alpha value is -1.86. The predicted octanol–water partition coefficient (Wildman–Crippen LogP) is 3.15. The quantitative estimate of drug-likeness (QED) is 0.904. The average Bonchev–Trinajstić information content (AvgIpc) is 2.76. The molecule has 1 aliphatic heterocycles. The molecule has 1 N–H and O–H groups in total. The topological polar surface area (TPSA) is 56.1 Å². The number of hydrogen-bond donors (Lipinski definition) is 1. The number of amides is 1. The van der Waals surface area contributed by atoms with Gasteiger partial charge in [0.15, 0.2) is 0 Å². The fourth-order valence-corrected chi connectivity index (χ4v) is 2.71. The first-order chi connectivity index (χ1) is 10.3. The van der Waals surface area contributed by atoms with E-state index in [-0.39, 0.29) is 5.91 Å². The zero-order chi connectivity index (χ0) is 14.9. The highest BCUT2D eigenvalue weighted by Gasteiger charge is 2.09. The van der Waals surface area contributed by atoms with Gasteiger partial charge >= 0.3 is 0 Å². The van der Waals surface area contributed by atoms with E-state index in [2.05, 4.69) is 16.3 Å². The first-order valence-electron chi connectivity index (χ1n) is 7.80. The summed E-state index contributed by atoms with van der Waals surface area (Å²) < 4.78 is 0. The van der Waals surface area contributed by atoms with Crippen LogP contribution < -0.4 is 5.32 Å². The van der Waals surface area contributed by atoms with Crippen LogP contribution in [-0.2, 0) is 4.79 Å². The number of nitriles is 1. The van der Waals surface area contributed by atoms with E-state index in [1.54, 1.807) is 18.2 Å². The van der Waals surface area contributed by atoms with Gasteiger partial charge in [0.25, 0.3) is 0 Å². The maximum Gasteiger partial charge on any atom is 0.224 e. The third kappa shape index (κ3) is 5.57. The smallest absolute Gasteiger partial charge is 0.224 e. The fourth-order valence-electron chi connectivity index (χ4n) is 2.71. The molecule has 1 saturated heterocycles. The van der Waals surface area contributed by atoms with Crippen LogP contribution in [0.5, 0.6) is 0 Å². The molecule has 0 aromatic heterocycles. The Morgan fingerprint density at radius 2 is 2.00 bits per heavy atom. The maximum absolute atomic E-state index is 11.9. The van der Waals surface area contributed by atoms with Crippen molar-refractivity contribution in [3.63, 3.8) is 0 Å². The molecule has 1 fully saturated rings. The Balaban J connectivity index is 1.70. The minimum absolute atomic E-state index is 0.0277. The maximum atomic E-state index is 11.9. The van der Waals surface area contributed by atoms with Crippen molar-refractivity contribution in [3.05, 3.63) is 29.8 Å². The highest BCUT2D eigenvalue weighted by atomic mass is 16.1. The minimum atomic E-state index is 0.0277. The third-order valence-electron chi connectivity index (χ3n) is 3.85. The molecule has 0 saturated carbocycles. The van der Waals surface area contributed by atoms with Gasteiger partial charge in [0, 0.05) is 12.1 Å². The lowest BCUT2D eigenvalue weighted by Gasteiger charge is -2.19. The number of rotatable bonds is 5. The molecule has 21 heavy (non-hydrogen) atoms. The van der Waals surface area contributed by atoms with Crippen molar-refractivity contribution in [2.75, 3.05) is 25.0 Å². The molecule has 0 atom stereocenters. The second kappa shape index (κ2) is 8.43. The first kappa shape index (κ1) is 15.5. The van der Waals surface area contributed by atoms with Gasteiger partial charge in [-0.05, 0) is 57.1 Å². The Bertz CT molecular complexity index is 499. The van der Waals surface area contributed by atoms with Crippen LogP contribution in [0.4, 0.5) is 5.69 Å². The molecule has 0 unspecified atom stereocenters. The second-order valence-corrected chi connectivity index (χ2v) is 5.60. The van der Waals surface area contributed by atoms with Crippen molar-refractivity contribution < 1.29 is 4.79 Å². The summed E-state index contributed by atoms with van der Waals surface area (Å²) in [6.07, 6.45) is 6.68. The summed E-state index contributed by atoms with van der Waals surface area (Å²) in [5, 5.41) is 11.7. The molecule has 112 valence electrons. The van der Waals surface area contributed by atoms with E-state index >= 15 is 0 Å². The fraction of sp³-hybridized carbons (Fsp3) is 0.529. The van der Waals surface area contributed by atoms with Gasteiger partial charge in [-0.25, -0.2) is 0 Å². The molecule has 2 rings (SSSR count). The second-order valence-electron chi connectivity index (χ2n) is 5.60. The lowest BCUT2D eigenvalue weighted by molar-refractivity contribution is -0.116. The number of nitrogens with one attached hydrogen (secondary N) is 1. The molecule has 1 aromatic carbocycles. The largest absolute Gasteiger partial charge is 0.326 e. The van der Waals surface area contributed by atoms with Crippen LogP contribution >= 0.6 is 0 Å². The molecule has 1 aliphatic rings. The number of carbonyl (C=O) groups is 1. The molecule has 4 nitrogen and oxygen atoms in total. The molecular weight excluding hydrogens is 262 g/mol. The Morgan fingerprint density at radius 3 is 2.71 bits per heavy atom. The van der Waals surface area contributed by atoms with Crippen LogP contribution in [0.2, 0.25) is 0 Å². The van der Waals surface area contributed by atoms with Crippen LogP contribution in [0.1, 0.15) is 44.1 Å². The van der Waals surface area contributed by atoms with E-state index in [1.165, 1.54) is 38.8 Å². The van der Waals surface area contributed by atoms with Gasteiger partial charge in [0.2, 0.25) is 5.91 Å². The van der Waals surface area contributed by atoms with Crippen molar-refractivity contribution in [1.29, 1.82) is 5.26 Å². The standard InChI is InChI=1S/C17H23N3O/c18-14-15-7-5-8-16(13-15)19-17(21)9-6-12-20-10-3-1-2-4-11-20/h5,7-8,13H,1-4,6,9-12H2,(H,19,21). The predicted molar refractivity (Wildman–Crippen MR) is 83.9 cm³/mol. The molecule has 0 bridgehead atoms. The van der Waals surface area contributed by atoms with Gasteiger partial charge in [-0.2, -0.15) is 5.26 Å². The molecule has 0 spiro atoms. The van der Waals surface area contributed by atoms with Crippen molar-refractivity contribution in [3.8, 4) is 6.07 Å². The summed E-state index contributed by atoms with van der Waals surface area (Å²) in [6.45, 7) is 3.35. The molecule has 0 aliphatic carbocycles.